The maximum absolute atomic E-state index is 9.39. The largest absolute Gasteiger partial charge is 0.391 e. The van der Waals surface area contributed by atoms with Gasteiger partial charge in [0.15, 0.2) is 0 Å². The van der Waals surface area contributed by atoms with E-state index in [-0.39, 0.29) is 6.10 Å². The van der Waals surface area contributed by atoms with Crippen LogP contribution in [0.2, 0.25) is 0 Å². The second kappa shape index (κ2) is 6.41. The lowest BCUT2D eigenvalue weighted by Crippen LogP contribution is -2.26. The van der Waals surface area contributed by atoms with Crippen LogP contribution in [-0.2, 0) is 4.74 Å². The summed E-state index contributed by atoms with van der Waals surface area (Å²) in [6.45, 7) is 4.77. The number of ether oxygens (including phenoxy) is 1. The van der Waals surface area contributed by atoms with Crippen LogP contribution in [0.1, 0.15) is 52.4 Å². The van der Waals surface area contributed by atoms with E-state index in [4.69, 9.17) is 4.74 Å². The smallest absolute Gasteiger partial charge is 0.0771 e. The summed E-state index contributed by atoms with van der Waals surface area (Å²) in [7, 11) is 0. The van der Waals surface area contributed by atoms with Gasteiger partial charge in [0.25, 0.3) is 0 Å². The lowest BCUT2D eigenvalue weighted by atomic mass is 9.85. The Morgan fingerprint density at radius 3 is 2.79 bits per heavy atom. The molecule has 0 bridgehead atoms. The molecule has 0 aromatic rings. The van der Waals surface area contributed by atoms with Crippen LogP contribution in [-0.4, -0.2) is 23.9 Å². The quantitative estimate of drug-likeness (QED) is 0.739. The van der Waals surface area contributed by atoms with Crippen molar-refractivity contribution in [1.82, 2.24) is 0 Å². The predicted octanol–water partition coefficient (Wildman–Crippen LogP) is 2.74. The molecule has 0 aromatic carbocycles. The van der Waals surface area contributed by atoms with Crippen molar-refractivity contribution in [3.05, 3.63) is 0 Å². The first-order valence-electron chi connectivity index (χ1n) is 6.05. The van der Waals surface area contributed by atoms with Gasteiger partial charge < -0.3 is 9.84 Å². The molecule has 3 atom stereocenters. The van der Waals surface area contributed by atoms with Gasteiger partial charge in [0.2, 0.25) is 0 Å². The molecule has 0 aliphatic heterocycles. The fraction of sp³-hybridized carbons (Fsp3) is 1.00. The first kappa shape index (κ1) is 12.0. The highest BCUT2D eigenvalue weighted by Gasteiger charge is 2.21. The third-order valence-electron chi connectivity index (χ3n) is 3.31. The van der Waals surface area contributed by atoms with Gasteiger partial charge in [-0.25, -0.2) is 0 Å². The molecule has 1 rings (SSSR count). The van der Waals surface area contributed by atoms with Crippen LogP contribution in [0.15, 0.2) is 0 Å². The molecule has 1 aliphatic carbocycles. The van der Waals surface area contributed by atoms with E-state index in [1.54, 1.807) is 0 Å². The monoisotopic (exact) mass is 200 g/mol. The summed E-state index contributed by atoms with van der Waals surface area (Å²) in [5.74, 6) is 0.854. The molecule has 0 radical (unpaired) electrons. The van der Waals surface area contributed by atoms with Crippen molar-refractivity contribution in [2.75, 3.05) is 6.61 Å². The summed E-state index contributed by atoms with van der Waals surface area (Å²) in [5.41, 5.74) is 0. The number of aliphatic hydroxyl groups is 1. The summed E-state index contributed by atoms with van der Waals surface area (Å²) in [5, 5.41) is 9.39. The molecular formula is C12H24O2. The Balaban J connectivity index is 2.17. The Hall–Kier alpha value is -0.0800. The van der Waals surface area contributed by atoms with Crippen molar-refractivity contribution in [3.8, 4) is 0 Å². The number of hydrogen-bond donors (Lipinski definition) is 1. The van der Waals surface area contributed by atoms with E-state index in [0.717, 1.165) is 12.3 Å². The van der Waals surface area contributed by atoms with E-state index >= 15 is 0 Å². The molecule has 1 fully saturated rings. The average molecular weight is 200 g/mol. The molecule has 3 unspecified atom stereocenters. The molecule has 0 spiro atoms. The van der Waals surface area contributed by atoms with Crippen LogP contribution in [0.5, 0.6) is 0 Å². The Labute approximate surface area is 87.7 Å². The number of rotatable bonds is 5. The molecule has 0 heterocycles. The van der Waals surface area contributed by atoms with E-state index in [1.807, 2.05) is 6.92 Å². The van der Waals surface area contributed by atoms with E-state index in [9.17, 15) is 5.11 Å². The van der Waals surface area contributed by atoms with Gasteiger partial charge in [-0.05, 0) is 25.2 Å². The van der Waals surface area contributed by atoms with E-state index in [2.05, 4.69) is 6.92 Å². The van der Waals surface area contributed by atoms with Crippen molar-refractivity contribution >= 4 is 0 Å². The van der Waals surface area contributed by atoms with Crippen LogP contribution in [0.25, 0.3) is 0 Å². The van der Waals surface area contributed by atoms with Gasteiger partial charge in [0.05, 0.1) is 18.8 Å². The highest BCUT2D eigenvalue weighted by atomic mass is 16.5. The zero-order valence-electron chi connectivity index (χ0n) is 9.54. The van der Waals surface area contributed by atoms with Crippen LogP contribution in [0, 0.1) is 5.92 Å². The molecule has 0 amide bonds. The van der Waals surface area contributed by atoms with Crippen molar-refractivity contribution in [2.45, 2.75) is 64.6 Å². The summed E-state index contributed by atoms with van der Waals surface area (Å²) in [6, 6.07) is 0. The van der Waals surface area contributed by atoms with Gasteiger partial charge in [0, 0.05) is 0 Å². The van der Waals surface area contributed by atoms with Crippen molar-refractivity contribution in [1.29, 1.82) is 0 Å². The van der Waals surface area contributed by atoms with E-state index in [1.165, 1.54) is 32.1 Å². The van der Waals surface area contributed by atoms with Gasteiger partial charge in [-0.2, -0.15) is 0 Å². The van der Waals surface area contributed by atoms with Crippen molar-refractivity contribution in [2.24, 2.45) is 5.92 Å². The van der Waals surface area contributed by atoms with Gasteiger partial charge in [-0.1, -0.05) is 33.1 Å². The second-order valence-corrected chi connectivity index (χ2v) is 4.46. The molecular weight excluding hydrogens is 176 g/mol. The molecule has 1 aliphatic rings. The normalized spacial score (nSPS) is 30.2. The molecule has 2 nitrogen and oxygen atoms in total. The lowest BCUT2D eigenvalue weighted by molar-refractivity contribution is -0.0337. The molecule has 0 saturated heterocycles. The third kappa shape index (κ3) is 3.97. The third-order valence-corrected chi connectivity index (χ3v) is 3.31. The Morgan fingerprint density at radius 1 is 1.36 bits per heavy atom. The first-order valence-corrected chi connectivity index (χ1v) is 6.05. The highest BCUT2D eigenvalue weighted by Crippen LogP contribution is 2.28. The fourth-order valence-electron chi connectivity index (χ4n) is 2.13. The predicted molar refractivity (Wildman–Crippen MR) is 58.3 cm³/mol. The molecule has 0 aromatic heterocycles. The molecule has 2 heteroatoms. The minimum Gasteiger partial charge on any atom is -0.391 e. The zero-order valence-corrected chi connectivity index (χ0v) is 9.54. The molecule has 1 saturated carbocycles. The van der Waals surface area contributed by atoms with Gasteiger partial charge in [-0.3, -0.25) is 0 Å². The average Bonchev–Trinajstić information content (AvgIpc) is 2.26. The van der Waals surface area contributed by atoms with Crippen LogP contribution in [0.4, 0.5) is 0 Å². The van der Waals surface area contributed by atoms with Crippen molar-refractivity contribution < 1.29 is 9.84 Å². The lowest BCUT2D eigenvalue weighted by Gasteiger charge is -2.29. The summed E-state index contributed by atoms with van der Waals surface area (Å²) >= 11 is 0. The summed E-state index contributed by atoms with van der Waals surface area (Å²) < 4.78 is 5.72. The van der Waals surface area contributed by atoms with Gasteiger partial charge >= 0.3 is 0 Å². The Bertz CT molecular complexity index is 147. The minimum absolute atomic E-state index is 0.267. The number of aliphatic hydroxyl groups excluding tert-OH is 1. The fourth-order valence-corrected chi connectivity index (χ4v) is 2.13. The van der Waals surface area contributed by atoms with Crippen LogP contribution >= 0.6 is 0 Å². The number of hydrogen-bond acceptors (Lipinski definition) is 2. The highest BCUT2D eigenvalue weighted by molar-refractivity contribution is 4.72. The minimum atomic E-state index is -0.267. The maximum atomic E-state index is 9.39. The van der Waals surface area contributed by atoms with Crippen LogP contribution < -0.4 is 0 Å². The zero-order chi connectivity index (χ0) is 10.4. The van der Waals surface area contributed by atoms with Gasteiger partial charge in [0.1, 0.15) is 0 Å². The maximum Gasteiger partial charge on any atom is 0.0771 e. The summed E-state index contributed by atoms with van der Waals surface area (Å²) in [6.07, 6.45) is 7.27. The van der Waals surface area contributed by atoms with Crippen LogP contribution in [0.3, 0.4) is 0 Å². The Kier molecular flexibility index (Phi) is 5.49. The SMILES string of the molecule is CCC(O)COC1CCCC(CC)C1. The molecule has 1 N–H and O–H groups in total. The van der Waals surface area contributed by atoms with E-state index < -0.39 is 0 Å². The Morgan fingerprint density at radius 2 is 2.14 bits per heavy atom. The summed E-state index contributed by atoms with van der Waals surface area (Å²) in [4.78, 5) is 0. The second-order valence-electron chi connectivity index (χ2n) is 4.46. The standard InChI is InChI=1S/C12H24O2/c1-3-10-6-5-7-12(8-10)14-9-11(13)4-2/h10-13H,3-9H2,1-2H3. The molecule has 14 heavy (non-hydrogen) atoms. The van der Waals surface area contributed by atoms with Crippen molar-refractivity contribution in [3.63, 3.8) is 0 Å². The van der Waals surface area contributed by atoms with E-state index in [0.29, 0.717) is 12.7 Å². The van der Waals surface area contributed by atoms with Gasteiger partial charge in [-0.15, -0.1) is 0 Å². The topological polar surface area (TPSA) is 29.5 Å². The first-order chi connectivity index (χ1) is 6.76. The molecule has 84 valence electrons.